The van der Waals surface area contributed by atoms with Crippen LogP contribution in [-0.2, 0) is 10.2 Å². The molecule has 1 aromatic heterocycles. The molecule has 2 heterocycles. The fourth-order valence-electron chi connectivity index (χ4n) is 7.53. The molecule has 4 bridgehead atoms. The van der Waals surface area contributed by atoms with Gasteiger partial charge in [0.1, 0.15) is 5.52 Å². The average Bonchev–Trinajstić information content (AvgIpc) is 3.32. The fraction of sp³-hybridized carbons (Fsp3) is 0.393. The lowest BCUT2D eigenvalue weighted by Crippen LogP contribution is -2.48. The number of fused-ring (bicyclic) bond motifs is 1. The third-order valence-corrected chi connectivity index (χ3v) is 9.18. The minimum Gasteiger partial charge on any atom is -0.441 e. The number of carbonyl (C=O) groups is 2. The number of aromatic nitrogens is 1. The van der Waals surface area contributed by atoms with Crippen molar-refractivity contribution < 1.29 is 14.0 Å². The van der Waals surface area contributed by atoms with Crippen molar-refractivity contribution >= 4 is 40.1 Å². The number of imide groups is 1. The van der Waals surface area contributed by atoms with E-state index in [-0.39, 0.29) is 16.6 Å². The second-order valence-electron chi connectivity index (χ2n) is 10.8. The molecule has 6 heteroatoms. The number of nitrogens with zero attached hydrogens (tertiary/aromatic N) is 1. The van der Waals surface area contributed by atoms with Gasteiger partial charge in [0.05, 0.1) is 4.91 Å². The highest BCUT2D eigenvalue weighted by molar-refractivity contribution is 8.18. The molecule has 4 aliphatic carbocycles. The molecule has 0 atom stereocenters. The molecule has 2 aromatic carbocycles. The molecule has 5 nitrogen and oxygen atoms in total. The lowest BCUT2D eigenvalue weighted by molar-refractivity contribution is -0.115. The largest absolute Gasteiger partial charge is 0.441 e. The van der Waals surface area contributed by atoms with Crippen molar-refractivity contribution in [3.05, 3.63) is 58.3 Å². The zero-order chi connectivity index (χ0) is 23.0. The zero-order valence-corrected chi connectivity index (χ0v) is 19.9. The van der Waals surface area contributed by atoms with E-state index in [2.05, 4.69) is 29.6 Å². The van der Waals surface area contributed by atoms with Gasteiger partial charge in [0.15, 0.2) is 11.5 Å². The number of rotatable bonds is 3. The summed E-state index contributed by atoms with van der Waals surface area (Å²) in [5.41, 5.74) is 6.56. The lowest BCUT2D eigenvalue weighted by atomic mass is 9.48. The Morgan fingerprint density at radius 3 is 2.44 bits per heavy atom. The number of hydrogen-bond donors (Lipinski definition) is 1. The van der Waals surface area contributed by atoms with Crippen LogP contribution >= 0.6 is 11.8 Å². The van der Waals surface area contributed by atoms with Crippen molar-refractivity contribution in [1.82, 2.24) is 10.3 Å². The van der Waals surface area contributed by atoms with Gasteiger partial charge in [-0.15, -0.1) is 0 Å². The average molecular weight is 471 g/mol. The number of hydrogen-bond acceptors (Lipinski definition) is 5. The Morgan fingerprint density at radius 1 is 1.03 bits per heavy atom. The SMILES string of the molecule is Cc1nc2cc(-c3cccc(/C=C4\SC(=O)NC4=O)c3)cc(C34CC5CC(CC(C5)C3)C4)c2o1. The van der Waals surface area contributed by atoms with Crippen molar-refractivity contribution in [3.8, 4) is 11.1 Å². The molecule has 1 aliphatic heterocycles. The molecule has 172 valence electrons. The van der Waals surface area contributed by atoms with Gasteiger partial charge in [-0.2, -0.15) is 0 Å². The molecular weight excluding hydrogens is 444 g/mol. The Hall–Kier alpha value is -2.86. The monoisotopic (exact) mass is 470 g/mol. The summed E-state index contributed by atoms with van der Waals surface area (Å²) in [6, 6.07) is 12.6. The Balaban J connectivity index is 1.34. The number of amides is 2. The Labute approximate surface area is 202 Å². The summed E-state index contributed by atoms with van der Waals surface area (Å²) in [4.78, 5) is 28.7. The molecule has 0 spiro atoms. The van der Waals surface area contributed by atoms with Crippen molar-refractivity contribution in [3.63, 3.8) is 0 Å². The van der Waals surface area contributed by atoms with Gasteiger partial charge in [0.25, 0.3) is 11.1 Å². The predicted molar refractivity (Wildman–Crippen MR) is 133 cm³/mol. The Kier molecular flexibility index (Phi) is 4.41. The number of oxazole rings is 1. The maximum atomic E-state index is 12.0. The summed E-state index contributed by atoms with van der Waals surface area (Å²) in [6.07, 6.45) is 9.80. The van der Waals surface area contributed by atoms with Crippen LogP contribution in [0.15, 0.2) is 45.7 Å². The van der Waals surface area contributed by atoms with E-state index in [0.717, 1.165) is 57.3 Å². The van der Waals surface area contributed by atoms with Gasteiger partial charge < -0.3 is 4.42 Å². The molecule has 34 heavy (non-hydrogen) atoms. The first-order valence-corrected chi connectivity index (χ1v) is 13.0. The third-order valence-electron chi connectivity index (χ3n) is 8.37. The third kappa shape index (κ3) is 3.26. The fourth-order valence-corrected chi connectivity index (χ4v) is 8.21. The van der Waals surface area contributed by atoms with E-state index in [1.54, 1.807) is 6.08 Å². The van der Waals surface area contributed by atoms with Gasteiger partial charge in [-0.25, -0.2) is 4.98 Å². The summed E-state index contributed by atoms with van der Waals surface area (Å²) in [6.45, 7) is 1.93. The molecule has 1 N–H and O–H groups in total. The highest BCUT2D eigenvalue weighted by Gasteiger charge is 2.52. The summed E-state index contributed by atoms with van der Waals surface area (Å²) in [5, 5.41) is 2.00. The maximum absolute atomic E-state index is 12.0. The summed E-state index contributed by atoms with van der Waals surface area (Å²) in [5.74, 6) is 2.93. The standard InChI is InChI=1S/C28H26N2O3S/c1-15-29-23-11-21(20-4-2-3-16(8-20)9-24-26(31)30-27(32)34-24)10-22(25(23)33-15)28-12-17-5-18(13-28)7-19(6-17)14-28/h2-4,8-11,17-19H,5-7,12-14H2,1H3,(H,30,31,32)/b24-9-. The van der Waals surface area contributed by atoms with Crippen LogP contribution < -0.4 is 5.32 Å². The number of aryl methyl sites for hydroxylation is 1. The minimum absolute atomic E-state index is 0.202. The minimum atomic E-state index is -0.330. The second kappa shape index (κ2) is 7.32. The number of benzene rings is 2. The first kappa shape index (κ1) is 20.5. The molecule has 5 aliphatic rings. The van der Waals surface area contributed by atoms with Gasteiger partial charge in [-0.05, 0) is 114 Å². The molecule has 4 saturated carbocycles. The quantitative estimate of drug-likeness (QED) is 0.437. The molecule has 2 amide bonds. The number of carbonyl (C=O) groups excluding carboxylic acids is 2. The van der Waals surface area contributed by atoms with Gasteiger partial charge >= 0.3 is 0 Å². The van der Waals surface area contributed by atoms with Crippen LogP contribution in [0.1, 0.15) is 55.5 Å². The van der Waals surface area contributed by atoms with E-state index < -0.39 is 0 Å². The summed E-state index contributed by atoms with van der Waals surface area (Å²) in [7, 11) is 0. The van der Waals surface area contributed by atoms with E-state index in [1.165, 1.54) is 44.1 Å². The van der Waals surface area contributed by atoms with Crippen LogP contribution in [0.3, 0.4) is 0 Å². The van der Waals surface area contributed by atoms with Crippen LogP contribution in [0.5, 0.6) is 0 Å². The molecular formula is C28H26N2O3S. The van der Waals surface area contributed by atoms with Crippen LogP contribution in [0, 0.1) is 24.7 Å². The topological polar surface area (TPSA) is 72.2 Å². The normalized spacial score (nSPS) is 31.1. The van der Waals surface area contributed by atoms with E-state index in [1.807, 2.05) is 19.1 Å². The molecule has 3 aromatic rings. The van der Waals surface area contributed by atoms with E-state index in [4.69, 9.17) is 9.40 Å². The van der Waals surface area contributed by atoms with E-state index >= 15 is 0 Å². The number of thioether (sulfide) groups is 1. The van der Waals surface area contributed by atoms with Crippen LogP contribution in [-0.4, -0.2) is 16.1 Å². The van der Waals surface area contributed by atoms with Crippen molar-refractivity contribution in [2.24, 2.45) is 17.8 Å². The van der Waals surface area contributed by atoms with Gasteiger partial charge in [0.2, 0.25) is 0 Å². The summed E-state index contributed by atoms with van der Waals surface area (Å²) < 4.78 is 6.21. The number of nitrogens with one attached hydrogen (secondary N) is 1. The van der Waals surface area contributed by atoms with Crippen molar-refractivity contribution in [2.75, 3.05) is 0 Å². The highest BCUT2D eigenvalue weighted by Crippen LogP contribution is 2.61. The van der Waals surface area contributed by atoms with Crippen LogP contribution in [0.25, 0.3) is 28.3 Å². The maximum Gasteiger partial charge on any atom is 0.290 e. The van der Waals surface area contributed by atoms with Gasteiger partial charge in [-0.1, -0.05) is 18.2 Å². The van der Waals surface area contributed by atoms with Crippen molar-refractivity contribution in [1.29, 1.82) is 0 Å². The Bertz CT molecular complexity index is 1370. The zero-order valence-electron chi connectivity index (χ0n) is 19.1. The molecule has 0 radical (unpaired) electrons. The second-order valence-corrected chi connectivity index (χ2v) is 11.8. The van der Waals surface area contributed by atoms with E-state index in [9.17, 15) is 9.59 Å². The van der Waals surface area contributed by atoms with Gasteiger partial charge in [0, 0.05) is 12.5 Å². The first-order valence-electron chi connectivity index (χ1n) is 12.2. The molecule has 5 fully saturated rings. The smallest absolute Gasteiger partial charge is 0.290 e. The molecule has 0 unspecified atom stereocenters. The van der Waals surface area contributed by atoms with E-state index in [0.29, 0.717) is 10.8 Å². The predicted octanol–water partition coefficient (Wildman–Crippen LogP) is 6.59. The van der Waals surface area contributed by atoms with Crippen LogP contribution in [0.4, 0.5) is 4.79 Å². The molecule has 8 rings (SSSR count). The first-order chi connectivity index (χ1) is 16.4. The van der Waals surface area contributed by atoms with Crippen molar-refractivity contribution in [2.45, 2.75) is 50.9 Å². The Morgan fingerprint density at radius 2 is 1.76 bits per heavy atom. The highest BCUT2D eigenvalue weighted by atomic mass is 32.2. The summed E-state index contributed by atoms with van der Waals surface area (Å²) >= 11 is 0.948. The molecule has 1 saturated heterocycles. The van der Waals surface area contributed by atoms with Gasteiger partial charge in [-0.3, -0.25) is 14.9 Å². The van der Waals surface area contributed by atoms with Crippen LogP contribution in [0.2, 0.25) is 0 Å². The lowest BCUT2D eigenvalue weighted by Gasteiger charge is -2.57.